The third-order valence-corrected chi connectivity index (χ3v) is 6.73. The molecule has 5 heteroatoms. The van der Waals surface area contributed by atoms with E-state index in [2.05, 4.69) is 103 Å². The van der Waals surface area contributed by atoms with Crippen molar-refractivity contribution in [1.82, 2.24) is 0 Å². The molecule has 2 aliphatic rings. The van der Waals surface area contributed by atoms with Crippen molar-refractivity contribution < 1.29 is 0 Å². The Kier molecular flexibility index (Phi) is 4.97. The minimum absolute atomic E-state index is 0.106. The van der Waals surface area contributed by atoms with Crippen LogP contribution in [0.2, 0.25) is 0 Å². The zero-order valence-electron chi connectivity index (χ0n) is 18.9. The second-order valence-electron chi connectivity index (χ2n) is 8.69. The number of anilines is 4. The third kappa shape index (κ3) is 3.29. The molecule has 0 N–H and O–H groups in total. The molecule has 0 spiro atoms. The molecule has 0 amide bonds. The van der Waals surface area contributed by atoms with Gasteiger partial charge in [0.15, 0.2) is 0 Å². The van der Waals surface area contributed by atoms with Crippen LogP contribution >= 0.6 is 0 Å². The largest absolute Gasteiger partial charge is 0.371 e. The number of hydrazone groups is 1. The van der Waals surface area contributed by atoms with Gasteiger partial charge in [-0.25, -0.2) is 0 Å². The first-order valence-electron chi connectivity index (χ1n) is 11.2. The fourth-order valence-electron chi connectivity index (χ4n) is 5.27. The highest BCUT2D eigenvalue weighted by molar-refractivity contribution is 6.03. The van der Waals surface area contributed by atoms with Gasteiger partial charge >= 0.3 is 0 Å². The number of benzene rings is 3. The summed E-state index contributed by atoms with van der Waals surface area (Å²) < 4.78 is 0. The Labute approximate surface area is 185 Å². The van der Waals surface area contributed by atoms with E-state index in [0.29, 0.717) is 0 Å². The first-order valence-corrected chi connectivity index (χ1v) is 11.2. The number of fused-ring (bicyclic) bond motifs is 2. The van der Waals surface area contributed by atoms with Crippen LogP contribution in [0, 0.1) is 0 Å². The Bertz CT molecular complexity index is 1100. The fourth-order valence-corrected chi connectivity index (χ4v) is 5.27. The molecule has 5 nitrogen and oxygen atoms in total. The Morgan fingerprint density at radius 2 is 1.39 bits per heavy atom. The molecule has 160 valence electrons. The second-order valence-corrected chi connectivity index (χ2v) is 8.69. The smallest absolute Gasteiger partial charge is 0.143 e. The first-order chi connectivity index (χ1) is 15.1. The summed E-state index contributed by atoms with van der Waals surface area (Å²) in [7, 11) is 6.35. The van der Waals surface area contributed by atoms with Crippen LogP contribution in [0.4, 0.5) is 22.7 Å². The maximum absolute atomic E-state index is 5.04. The second kappa shape index (κ2) is 7.80. The quantitative estimate of drug-likeness (QED) is 0.436. The summed E-state index contributed by atoms with van der Waals surface area (Å²) in [6, 6.07) is 21.8. The predicted octanol–water partition coefficient (Wildman–Crippen LogP) is 5.16. The van der Waals surface area contributed by atoms with Gasteiger partial charge in [-0.15, -0.1) is 0 Å². The molecular weight excluding hydrogens is 382 g/mol. The van der Waals surface area contributed by atoms with E-state index in [1.807, 2.05) is 5.01 Å². The highest BCUT2D eigenvalue weighted by Crippen LogP contribution is 2.38. The summed E-state index contributed by atoms with van der Waals surface area (Å²) in [6.07, 6.45) is 2.67. The van der Waals surface area contributed by atoms with Gasteiger partial charge in [-0.2, -0.15) is 5.10 Å². The predicted molar refractivity (Wildman–Crippen MR) is 134 cm³/mol. The molecule has 5 rings (SSSR count). The van der Waals surface area contributed by atoms with Crippen LogP contribution in [0.5, 0.6) is 0 Å². The molecule has 2 heterocycles. The van der Waals surface area contributed by atoms with Crippen molar-refractivity contribution in [1.29, 1.82) is 0 Å². The summed E-state index contributed by atoms with van der Waals surface area (Å²) in [6.45, 7) is 4.43. The van der Waals surface area contributed by atoms with Gasteiger partial charge < -0.3 is 14.7 Å². The Morgan fingerprint density at radius 3 is 2.03 bits per heavy atom. The molecule has 3 aromatic carbocycles. The van der Waals surface area contributed by atoms with Crippen LogP contribution in [0.3, 0.4) is 0 Å². The molecule has 0 unspecified atom stereocenters. The molecule has 2 aliphatic heterocycles. The van der Waals surface area contributed by atoms with Gasteiger partial charge in [0.05, 0.1) is 22.8 Å². The van der Waals surface area contributed by atoms with Gasteiger partial charge in [-0.3, -0.25) is 5.01 Å². The van der Waals surface area contributed by atoms with E-state index in [0.717, 1.165) is 24.5 Å². The summed E-state index contributed by atoms with van der Waals surface area (Å²) in [5.41, 5.74) is 6.03. The molecule has 0 aliphatic carbocycles. The number of rotatable bonds is 4. The van der Waals surface area contributed by atoms with E-state index >= 15 is 0 Å². The van der Waals surface area contributed by atoms with Crippen molar-refractivity contribution in [3.63, 3.8) is 0 Å². The van der Waals surface area contributed by atoms with Crippen molar-refractivity contribution in [2.45, 2.75) is 25.9 Å². The molecule has 0 saturated carbocycles. The normalized spacial score (nSPS) is 17.0. The standard InChI is InChI=1S/C26H31N5/c1-19(26-28(2)24-13-7-8-14-25(24)29(26)3)27-30(4)22-15-16-23(31-17-9-10-18-31)21-12-6-5-11-20(21)22/h5-8,11-16,26H,9-10,17-18H2,1-4H3/b27-19+. The third-order valence-electron chi connectivity index (χ3n) is 6.73. The Morgan fingerprint density at radius 1 is 0.806 bits per heavy atom. The van der Waals surface area contributed by atoms with E-state index in [4.69, 9.17) is 5.10 Å². The highest BCUT2D eigenvalue weighted by Gasteiger charge is 2.33. The first kappa shape index (κ1) is 19.7. The minimum atomic E-state index is 0.106. The summed E-state index contributed by atoms with van der Waals surface area (Å²) in [4.78, 5) is 7.12. The van der Waals surface area contributed by atoms with Crippen LogP contribution < -0.4 is 19.7 Å². The molecule has 0 atom stereocenters. The average molecular weight is 414 g/mol. The zero-order chi connectivity index (χ0) is 21.5. The fraction of sp³-hybridized carbons (Fsp3) is 0.346. The molecule has 1 fully saturated rings. The van der Waals surface area contributed by atoms with Gasteiger partial charge in [0.2, 0.25) is 0 Å². The molecule has 0 aromatic heterocycles. The lowest BCUT2D eigenvalue weighted by atomic mass is 10.1. The van der Waals surface area contributed by atoms with Crippen molar-refractivity contribution in [2.75, 3.05) is 53.9 Å². The molecule has 0 bridgehead atoms. The van der Waals surface area contributed by atoms with Crippen LogP contribution in [-0.4, -0.2) is 46.1 Å². The van der Waals surface area contributed by atoms with Crippen molar-refractivity contribution in [2.24, 2.45) is 5.10 Å². The van der Waals surface area contributed by atoms with Gasteiger partial charge in [0.1, 0.15) is 6.17 Å². The maximum Gasteiger partial charge on any atom is 0.143 e. The lowest BCUT2D eigenvalue weighted by Crippen LogP contribution is -2.45. The minimum Gasteiger partial charge on any atom is -0.371 e. The Balaban J connectivity index is 1.49. The summed E-state index contributed by atoms with van der Waals surface area (Å²) in [5.74, 6) is 0. The van der Waals surface area contributed by atoms with Crippen LogP contribution in [0.25, 0.3) is 10.8 Å². The van der Waals surface area contributed by atoms with Crippen molar-refractivity contribution >= 4 is 39.2 Å². The highest BCUT2D eigenvalue weighted by atomic mass is 15.5. The van der Waals surface area contributed by atoms with Crippen LogP contribution in [0.15, 0.2) is 65.8 Å². The molecule has 0 radical (unpaired) electrons. The molecule has 31 heavy (non-hydrogen) atoms. The maximum atomic E-state index is 5.04. The number of para-hydroxylation sites is 2. The Hall–Kier alpha value is -3.21. The monoisotopic (exact) mass is 413 g/mol. The van der Waals surface area contributed by atoms with Crippen molar-refractivity contribution in [3.05, 3.63) is 60.7 Å². The summed E-state index contributed by atoms with van der Waals surface area (Å²) in [5, 5.41) is 9.64. The molecule has 3 aromatic rings. The number of hydrogen-bond acceptors (Lipinski definition) is 5. The van der Waals surface area contributed by atoms with E-state index in [1.165, 1.54) is 40.7 Å². The van der Waals surface area contributed by atoms with Gasteiger partial charge in [-0.05, 0) is 44.0 Å². The van der Waals surface area contributed by atoms with Gasteiger partial charge in [-0.1, -0.05) is 36.4 Å². The van der Waals surface area contributed by atoms with Gasteiger partial charge in [0, 0.05) is 50.7 Å². The lowest BCUT2D eigenvalue weighted by molar-refractivity contribution is 0.796. The van der Waals surface area contributed by atoms with Crippen molar-refractivity contribution in [3.8, 4) is 0 Å². The van der Waals surface area contributed by atoms with Crippen LogP contribution in [-0.2, 0) is 0 Å². The zero-order valence-corrected chi connectivity index (χ0v) is 18.9. The van der Waals surface area contributed by atoms with E-state index in [-0.39, 0.29) is 6.17 Å². The average Bonchev–Trinajstić information content (AvgIpc) is 3.40. The van der Waals surface area contributed by atoms with Crippen LogP contribution in [0.1, 0.15) is 19.8 Å². The van der Waals surface area contributed by atoms with Gasteiger partial charge in [0.25, 0.3) is 0 Å². The molecule has 1 saturated heterocycles. The van der Waals surface area contributed by atoms with E-state index < -0.39 is 0 Å². The van der Waals surface area contributed by atoms with E-state index in [9.17, 15) is 0 Å². The van der Waals surface area contributed by atoms with E-state index in [1.54, 1.807) is 0 Å². The summed E-state index contributed by atoms with van der Waals surface area (Å²) >= 11 is 0. The topological polar surface area (TPSA) is 25.3 Å². The number of hydrogen-bond donors (Lipinski definition) is 0. The molecular formula is C26H31N5. The lowest BCUT2D eigenvalue weighted by Gasteiger charge is -2.29. The number of nitrogens with zero attached hydrogens (tertiary/aromatic N) is 5. The SMILES string of the molecule is C/C(=N\N(C)c1ccc(N2CCCC2)c2ccccc12)C1N(C)c2ccccc2N1C.